The standard InChI is InChI=1S/C23H28N2O5S/c1-16(26)18-7-6-10-20(15-18)25-31(28,29)22-13-11-21(12-14-22)30-17(2)23(27)24-19-8-4-3-5-9-19/h6-7,10-15,17,19,25H,3-5,8-9H2,1-2H3,(H,24,27)/t17-/m1/s1. The summed E-state index contributed by atoms with van der Waals surface area (Å²) in [6, 6.07) is 12.4. The van der Waals surface area contributed by atoms with Crippen molar-refractivity contribution in [1.29, 1.82) is 0 Å². The van der Waals surface area contributed by atoms with E-state index >= 15 is 0 Å². The molecule has 0 heterocycles. The van der Waals surface area contributed by atoms with Crippen LogP contribution in [0.2, 0.25) is 0 Å². The molecule has 31 heavy (non-hydrogen) atoms. The number of carbonyl (C=O) groups excluding carboxylic acids is 2. The average molecular weight is 445 g/mol. The molecule has 1 atom stereocenters. The van der Waals surface area contributed by atoms with Crippen LogP contribution in [0.3, 0.4) is 0 Å². The van der Waals surface area contributed by atoms with Crippen molar-refractivity contribution in [1.82, 2.24) is 5.32 Å². The molecule has 7 nitrogen and oxygen atoms in total. The second-order valence-electron chi connectivity index (χ2n) is 7.82. The van der Waals surface area contributed by atoms with Crippen molar-refractivity contribution in [2.75, 3.05) is 4.72 Å². The predicted octanol–water partition coefficient (Wildman–Crippen LogP) is 3.91. The summed E-state index contributed by atoms with van der Waals surface area (Å²) in [5.74, 6) is 0.0867. The van der Waals surface area contributed by atoms with Crippen molar-refractivity contribution in [2.45, 2.75) is 63.0 Å². The highest BCUT2D eigenvalue weighted by Crippen LogP contribution is 2.21. The van der Waals surface area contributed by atoms with Gasteiger partial charge in [-0.25, -0.2) is 8.42 Å². The number of anilines is 1. The summed E-state index contributed by atoms with van der Waals surface area (Å²) in [5, 5.41) is 3.02. The van der Waals surface area contributed by atoms with Crippen LogP contribution in [0.25, 0.3) is 0 Å². The number of amides is 1. The number of hydrogen-bond donors (Lipinski definition) is 2. The summed E-state index contributed by atoms with van der Waals surface area (Å²) in [6.07, 6.45) is 4.77. The van der Waals surface area contributed by atoms with Crippen molar-refractivity contribution in [3.05, 3.63) is 54.1 Å². The molecule has 8 heteroatoms. The number of benzene rings is 2. The third-order valence-corrected chi connectivity index (χ3v) is 6.69. The Balaban J connectivity index is 1.61. The number of Topliss-reactive ketones (excluding diaryl/α,β-unsaturated/α-hetero) is 1. The first-order chi connectivity index (χ1) is 14.7. The zero-order valence-corrected chi connectivity index (χ0v) is 18.6. The van der Waals surface area contributed by atoms with E-state index in [4.69, 9.17) is 4.74 Å². The molecule has 0 bridgehead atoms. The highest BCUT2D eigenvalue weighted by Gasteiger charge is 2.21. The number of ether oxygens (including phenoxy) is 1. The Morgan fingerprint density at radius 1 is 1.03 bits per heavy atom. The first kappa shape index (κ1) is 22.8. The van der Waals surface area contributed by atoms with Gasteiger partial charge in [-0.1, -0.05) is 31.4 Å². The quantitative estimate of drug-likeness (QED) is 0.601. The fraction of sp³-hybridized carbons (Fsp3) is 0.391. The molecule has 0 saturated heterocycles. The zero-order valence-electron chi connectivity index (χ0n) is 17.8. The summed E-state index contributed by atoms with van der Waals surface area (Å²) in [5.41, 5.74) is 0.727. The maximum absolute atomic E-state index is 12.6. The minimum atomic E-state index is -3.83. The van der Waals surface area contributed by atoms with Crippen LogP contribution in [0.15, 0.2) is 53.4 Å². The van der Waals surface area contributed by atoms with Gasteiger partial charge in [0.2, 0.25) is 0 Å². The number of rotatable bonds is 8. The molecule has 1 fully saturated rings. The molecule has 1 amide bonds. The van der Waals surface area contributed by atoms with E-state index in [1.807, 2.05) is 0 Å². The molecule has 0 aliphatic heterocycles. The average Bonchev–Trinajstić information content (AvgIpc) is 2.74. The van der Waals surface area contributed by atoms with Crippen LogP contribution in [0.1, 0.15) is 56.3 Å². The zero-order chi connectivity index (χ0) is 22.4. The van der Waals surface area contributed by atoms with Crippen molar-refractivity contribution in [3.63, 3.8) is 0 Å². The second kappa shape index (κ2) is 9.96. The number of ketones is 1. The Bertz CT molecular complexity index is 1030. The first-order valence-electron chi connectivity index (χ1n) is 10.5. The molecule has 3 rings (SSSR count). The van der Waals surface area contributed by atoms with Crippen molar-refractivity contribution < 1.29 is 22.7 Å². The lowest BCUT2D eigenvalue weighted by molar-refractivity contribution is -0.128. The number of nitrogens with one attached hydrogen (secondary N) is 2. The van der Waals surface area contributed by atoms with Gasteiger partial charge in [-0.15, -0.1) is 0 Å². The summed E-state index contributed by atoms with van der Waals surface area (Å²) in [4.78, 5) is 23.9. The van der Waals surface area contributed by atoms with Gasteiger partial charge >= 0.3 is 0 Å². The van der Waals surface area contributed by atoms with Gasteiger partial charge in [0.25, 0.3) is 15.9 Å². The fourth-order valence-electron chi connectivity index (χ4n) is 3.54. The van der Waals surface area contributed by atoms with Gasteiger partial charge < -0.3 is 10.1 Å². The smallest absolute Gasteiger partial charge is 0.261 e. The van der Waals surface area contributed by atoms with Gasteiger partial charge in [-0.3, -0.25) is 14.3 Å². The van der Waals surface area contributed by atoms with Crippen LogP contribution in [-0.4, -0.2) is 32.3 Å². The van der Waals surface area contributed by atoms with Gasteiger partial charge in [-0.2, -0.15) is 0 Å². The highest BCUT2D eigenvalue weighted by atomic mass is 32.2. The maximum Gasteiger partial charge on any atom is 0.261 e. The van der Waals surface area contributed by atoms with E-state index in [-0.39, 0.29) is 22.6 Å². The van der Waals surface area contributed by atoms with E-state index in [1.54, 1.807) is 25.1 Å². The van der Waals surface area contributed by atoms with E-state index in [0.29, 0.717) is 17.0 Å². The van der Waals surface area contributed by atoms with Crippen molar-refractivity contribution >= 4 is 27.4 Å². The Hall–Kier alpha value is -2.87. The summed E-state index contributed by atoms with van der Waals surface area (Å²) in [7, 11) is -3.83. The molecular formula is C23H28N2O5S. The lowest BCUT2D eigenvalue weighted by Gasteiger charge is -2.24. The normalized spacial score (nSPS) is 15.7. The largest absolute Gasteiger partial charge is 0.481 e. The van der Waals surface area contributed by atoms with Crippen LogP contribution in [0.4, 0.5) is 5.69 Å². The Labute approximate surface area is 183 Å². The molecule has 2 aromatic rings. The SMILES string of the molecule is CC(=O)c1cccc(NS(=O)(=O)c2ccc(O[C@H](C)C(=O)NC3CCCCC3)cc2)c1. The third-order valence-electron chi connectivity index (χ3n) is 5.29. The fourth-order valence-corrected chi connectivity index (χ4v) is 4.59. The van der Waals surface area contributed by atoms with Gasteiger partial charge in [0, 0.05) is 17.3 Å². The Morgan fingerprint density at radius 2 is 1.71 bits per heavy atom. The second-order valence-corrected chi connectivity index (χ2v) is 9.50. The number of sulfonamides is 1. The molecule has 1 saturated carbocycles. The van der Waals surface area contributed by atoms with Crippen LogP contribution >= 0.6 is 0 Å². The van der Waals surface area contributed by atoms with Crippen LogP contribution in [-0.2, 0) is 14.8 Å². The molecule has 1 aliphatic carbocycles. The van der Waals surface area contributed by atoms with Crippen molar-refractivity contribution in [3.8, 4) is 5.75 Å². The number of carbonyl (C=O) groups is 2. The maximum atomic E-state index is 12.6. The molecule has 2 aromatic carbocycles. The molecule has 166 valence electrons. The van der Waals surface area contributed by atoms with Gasteiger partial charge in [0.1, 0.15) is 5.75 Å². The van der Waals surface area contributed by atoms with E-state index in [1.165, 1.54) is 43.7 Å². The van der Waals surface area contributed by atoms with Gasteiger partial charge in [0.05, 0.1) is 4.90 Å². The Kier molecular flexibility index (Phi) is 7.33. The summed E-state index contributed by atoms with van der Waals surface area (Å²) < 4.78 is 33.4. The molecule has 0 radical (unpaired) electrons. The van der Waals surface area contributed by atoms with Gasteiger partial charge in [-0.05, 0) is 63.1 Å². The predicted molar refractivity (Wildman–Crippen MR) is 119 cm³/mol. The Morgan fingerprint density at radius 3 is 2.35 bits per heavy atom. The molecule has 0 unspecified atom stereocenters. The molecule has 1 aliphatic rings. The van der Waals surface area contributed by atoms with Crippen molar-refractivity contribution in [2.24, 2.45) is 0 Å². The van der Waals surface area contributed by atoms with E-state index in [2.05, 4.69) is 10.0 Å². The molecule has 0 spiro atoms. The van der Waals surface area contributed by atoms with Crippen LogP contribution < -0.4 is 14.8 Å². The minimum Gasteiger partial charge on any atom is -0.481 e. The van der Waals surface area contributed by atoms with E-state index in [9.17, 15) is 18.0 Å². The molecule has 2 N–H and O–H groups in total. The van der Waals surface area contributed by atoms with E-state index < -0.39 is 16.1 Å². The summed E-state index contributed by atoms with van der Waals surface area (Å²) >= 11 is 0. The topological polar surface area (TPSA) is 102 Å². The summed E-state index contributed by atoms with van der Waals surface area (Å²) in [6.45, 7) is 3.09. The third kappa shape index (κ3) is 6.30. The van der Waals surface area contributed by atoms with E-state index in [0.717, 1.165) is 25.7 Å². The lowest BCUT2D eigenvalue weighted by atomic mass is 9.95. The van der Waals surface area contributed by atoms with Gasteiger partial charge in [0.15, 0.2) is 11.9 Å². The highest BCUT2D eigenvalue weighted by molar-refractivity contribution is 7.92. The minimum absolute atomic E-state index is 0.0485. The van der Waals surface area contributed by atoms with Crippen LogP contribution in [0, 0.1) is 0 Å². The van der Waals surface area contributed by atoms with Crippen LogP contribution in [0.5, 0.6) is 5.75 Å². The molecular weight excluding hydrogens is 416 g/mol. The molecule has 0 aromatic heterocycles. The lowest BCUT2D eigenvalue weighted by Crippen LogP contribution is -2.43. The monoisotopic (exact) mass is 444 g/mol. The first-order valence-corrected chi connectivity index (χ1v) is 11.9. The number of hydrogen-bond acceptors (Lipinski definition) is 5.